The SMILES string of the molecule is C#CCCc1ccc(C2(C(=C)N(CCC)CC(=C)CCF)CC2)cc1. The van der Waals surface area contributed by atoms with Crippen LogP contribution in [-0.4, -0.2) is 24.7 Å². The summed E-state index contributed by atoms with van der Waals surface area (Å²) >= 11 is 0. The van der Waals surface area contributed by atoms with Crippen LogP contribution in [0.4, 0.5) is 4.39 Å². The van der Waals surface area contributed by atoms with Gasteiger partial charge in [0.25, 0.3) is 0 Å². The van der Waals surface area contributed by atoms with Gasteiger partial charge in [0, 0.05) is 30.6 Å². The Bertz CT molecular complexity index is 631. The normalized spacial score (nSPS) is 14.6. The first-order chi connectivity index (χ1) is 12.1. The molecule has 0 saturated heterocycles. The van der Waals surface area contributed by atoms with E-state index in [9.17, 15) is 4.39 Å². The largest absolute Gasteiger partial charge is 0.371 e. The fourth-order valence-corrected chi connectivity index (χ4v) is 3.44. The predicted octanol–water partition coefficient (Wildman–Crippen LogP) is 5.43. The molecule has 0 unspecified atom stereocenters. The molecule has 1 nitrogen and oxygen atoms in total. The van der Waals surface area contributed by atoms with Gasteiger partial charge in [-0.15, -0.1) is 12.3 Å². The van der Waals surface area contributed by atoms with Crippen molar-refractivity contribution in [1.82, 2.24) is 4.90 Å². The molecule has 25 heavy (non-hydrogen) atoms. The van der Waals surface area contributed by atoms with Gasteiger partial charge < -0.3 is 4.90 Å². The Hall–Kier alpha value is -2.01. The summed E-state index contributed by atoms with van der Waals surface area (Å²) in [6.07, 6.45) is 10.8. The summed E-state index contributed by atoms with van der Waals surface area (Å²) in [5, 5.41) is 0. The van der Waals surface area contributed by atoms with Crippen molar-refractivity contribution >= 4 is 0 Å². The minimum Gasteiger partial charge on any atom is -0.371 e. The highest BCUT2D eigenvalue weighted by atomic mass is 19.1. The molecule has 0 N–H and O–H groups in total. The molecule has 2 rings (SSSR count). The van der Waals surface area contributed by atoms with E-state index in [1.807, 2.05) is 0 Å². The van der Waals surface area contributed by atoms with Gasteiger partial charge in [0.15, 0.2) is 0 Å². The van der Waals surface area contributed by atoms with Crippen molar-refractivity contribution < 1.29 is 4.39 Å². The molecule has 0 atom stereocenters. The van der Waals surface area contributed by atoms with Gasteiger partial charge in [-0.2, -0.15) is 0 Å². The maximum Gasteiger partial charge on any atom is 0.0932 e. The number of aryl methyl sites for hydroxylation is 1. The molecule has 2 heteroatoms. The Balaban J connectivity index is 2.12. The lowest BCUT2D eigenvalue weighted by molar-refractivity contribution is 0.336. The number of rotatable bonds is 11. The first-order valence-corrected chi connectivity index (χ1v) is 9.27. The van der Waals surface area contributed by atoms with E-state index in [1.54, 1.807) is 0 Å². The van der Waals surface area contributed by atoms with Crippen molar-refractivity contribution in [1.29, 1.82) is 0 Å². The van der Waals surface area contributed by atoms with Crippen molar-refractivity contribution in [3.63, 3.8) is 0 Å². The van der Waals surface area contributed by atoms with E-state index in [4.69, 9.17) is 6.42 Å². The molecule has 0 aliphatic heterocycles. The van der Waals surface area contributed by atoms with E-state index in [-0.39, 0.29) is 12.1 Å². The zero-order valence-electron chi connectivity index (χ0n) is 15.5. The molecule has 1 aliphatic carbocycles. The van der Waals surface area contributed by atoms with Crippen LogP contribution in [0.1, 0.15) is 50.2 Å². The summed E-state index contributed by atoms with van der Waals surface area (Å²) in [6, 6.07) is 8.83. The van der Waals surface area contributed by atoms with E-state index in [1.165, 1.54) is 11.1 Å². The number of halogens is 1. The van der Waals surface area contributed by atoms with Crippen molar-refractivity contribution in [3.8, 4) is 12.3 Å². The number of hydrogen-bond acceptors (Lipinski definition) is 1. The lowest BCUT2D eigenvalue weighted by Gasteiger charge is -2.33. The second kappa shape index (κ2) is 8.90. The standard InChI is InChI=1S/C23H30FN/c1-5-7-8-21-9-11-22(12-10-21)23(14-15-23)20(4)25(17-6-2)18-19(3)13-16-24/h1,9-12H,3-4,6-8,13-18H2,2H3. The minimum absolute atomic E-state index is 0.0514. The number of benzene rings is 1. The number of hydrogen-bond donors (Lipinski definition) is 0. The zero-order valence-corrected chi connectivity index (χ0v) is 15.5. The smallest absolute Gasteiger partial charge is 0.0932 e. The van der Waals surface area contributed by atoms with E-state index in [0.717, 1.165) is 49.9 Å². The van der Waals surface area contributed by atoms with Crippen LogP contribution >= 0.6 is 0 Å². The Kier molecular flexibility index (Phi) is 6.88. The van der Waals surface area contributed by atoms with E-state index < -0.39 is 0 Å². The topological polar surface area (TPSA) is 3.24 Å². The van der Waals surface area contributed by atoms with Gasteiger partial charge in [-0.3, -0.25) is 4.39 Å². The lowest BCUT2D eigenvalue weighted by Crippen LogP contribution is -2.32. The highest BCUT2D eigenvalue weighted by Crippen LogP contribution is 2.54. The van der Waals surface area contributed by atoms with Crippen molar-refractivity contribution in [2.45, 2.75) is 50.9 Å². The van der Waals surface area contributed by atoms with Crippen LogP contribution in [0.5, 0.6) is 0 Å². The quantitative estimate of drug-likeness (QED) is 0.384. The molecule has 1 fully saturated rings. The third-order valence-electron chi connectivity index (χ3n) is 5.10. The van der Waals surface area contributed by atoms with Crippen LogP contribution < -0.4 is 0 Å². The Morgan fingerprint density at radius 2 is 1.96 bits per heavy atom. The fraction of sp³-hybridized carbons (Fsp3) is 0.478. The Morgan fingerprint density at radius 1 is 1.28 bits per heavy atom. The summed E-state index contributed by atoms with van der Waals surface area (Å²) in [5.41, 5.74) is 4.77. The number of nitrogens with zero attached hydrogens (tertiary/aromatic N) is 1. The van der Waals surface area contributed by atoms with E-state index in [0.29, 0.717) is 13.0 Å². The van der Waals surface area contributed by atoms with Gasteiger partial charge in [-0.1, -0.05) is 49.9 Å². The molecular formula is C23H30FN. The van der Waals surface area contributed by atoms with Crippen LogP contribution in [-0.2, 0) is 11.8 Å². The molecule has 1 aromatic carbocycles. The Morgan fingerprint density at radius 3 is 2.48 bits per heavy atom. The molecular weight excluding hydrogens is 309 g/mol. The Labute approximate surface area is 152 Å². The molecule has 0 radical (unpaired) electrons. The summed E-state index contributed by atoms with van der Waals surface area (Å²) in [6.45, 7) is 11.9. The van der Waals surface area contributed by atoms with Gasteiger partial charge in [0.2, 0.25) is 0 Å². The molecule has 1 aliphatic rings. The third kappa shape index (κ3) is 4.75. The fourth-order valence-electron chi connectivity index (χ4n) is 3.44. The molecule has 134 valence electrons. The molecule has 0 spiro atoms. The molecule has 0 bridgehead atoms. The summed E-state index contributed by atoms with van der Waals surface area (Å²) < 4.78 is 12.6. The van der Waals surface area contributed by atoms with E-state index in [2.05, 4.69) is 55.2 Å². The second-order valence-corrected chi connectivity index (χ2v) is 7.04. The van der Waals surface area contributed by atoms with Gasteiger partial charge in [0.1, 0.15) is 0 Å². The maximum absolute atomic E-state index is 12.6. The van der Waals surface area contributed by atoms with Gasteiger partial charge in [-0.25, -0.2) is 0 Å². The average Bonchev–Trinajstić information content (AvgIpc) is 3.41. The monoisotopic (exact) mass is 339 g/mol. The van der Waals surface area contributed by atoms with Crippen LogP contribution in [0.25, 0.3) is 0 Å². The van der Waals surface area contributed by atoms with Gasteiger partial charge >= 0.3 is 0 Å². The van der Waals surface area contributed by atoms with Crippen LogP contribution in [0, 0.1) is 12.3 Å². The minimum atomic E-state index is -0.338. The predicted molar refractivity (Wildman–Crippen MR) is 105 cm³/mol. The summed E-state index contributed by atoms with van der Waals surface area (Å²) in [4.78, 5) is 2.30. The van der Waals surface area contributed by atoms with Gasteiger partial charge in [0.05, 0.1) is 6.67 Å². The van der Waals surface area contributed by atoms with Crippen molar-refractivity contribution in [2.24, 2.45) is 0 Å². The summed E-state index contributed by atoms with van der Waals surface area (Å²) in [5.74, 6) is 2.69. The highest BCUT2D eigenvalue weighted by Gasteiger charge is 2.48. The highest BCUT2D eigenvalue weighted by molar-refractivity contribution is 5.42. The van der Waals surface area contributed by atoms with Crippen LogP contribution in [0.15, 0.2) is 48.7 Å². The number of terminal acetylenes is 1. The first-order valence-electron chi connectivity index (χ1n) is 9.27. The second-order valence-electron chi connectivity index (χ2n) is 7.04. The first kappa shape index (κ1) is 19.3. The average molecular weight is 339 g/mol. The summed E-state index contributed by atoms with van der Waals surface area (Å²) in [7, 11) is 0. The van der Waals surface area contributed by atoms with Crippen LogP contribution in [0.2, 0.25) is 0 Å². The molecule has 0 aromatic heterocycles. The molecule has 0 amide bonds. The molecule has 1 aromatic rings. The van der Waals surface area contributed by atoms with E-state index >= 15 is 0 Å². The lowest BCUT2D eigenvalue weighted by atomic mass is 9.90. The maximum atomic E-state index is 12.6. The zero-order chi connectivity index (χ0) is 18.3. The third-order valence-corrected chi connectivity index (χ3v) is 5.10. The van der Waals surface area contributed by atoms with Crippen molar-refractivity contribution in [3.05, 3.63) is 59.8 Å². The number of allylic oxidation sites excluding steroid dienone is 1. The van der Waals surface area contributed by atoms with Crippen molar-refractivity contribution in [2.75, 3.05) is 19.8 Å². The number of alkyl halides is 1. The van der Waals surface area contributed by atoms with Crippen LogP contribution in [0.3, 0.4) is 0 Å². The molecule has 0 heterocycles. The van der Waals surface area contributed by atoms with Gasteiger partial charge in [-0.05, 0) is 43.2 Å². The molecule has 1 saturated carbocycles.